The lowest BCUT2D eigenvalue weighted by Crippen LogP contribution is -2.45. The van der Waals surface area contributed by atoms with Crippen LogP contribution in [0.2, 0.25) is 10.0 Å². The minimum absolute atomic E-state index is 0.180. The average Bonchev–Trinajstić information content (AvgIpc) is 2.70. The number of nitrogens with zero attached hydrogens (tertiary/aromatic N) is 2. The minimum Gasteiger partial charge on any atom is -0.591 e. The number of hydrogen-bond donors (Lipinski definition) is 0. The summed E-state index contributed by atoms with van der Waals surface area (Å²) in [6, 6.07) is 3.32. The molecule has 0 spiro atoms. The van der Waals surface area contributed by atoms with Crippen LogP contribution in [0.1, 0.15) is 59.9 Å². The van der Waals surface area contributed by atoms with Crippen molar-refractivity contribution >= 4 is 46.4 Å². The van der Waals surface area contributed by atoms with Crippen LogP contribution >= 0.6 is 23.2 Å². The lowest BCUT2D eigenvalue weighted by atomic mass is 9.89. The van der Waals surface area contributed by atoms with Crippen LogP contribution < -0.4 is 4.74 Å². The van der Waals surface area contributed by atoms with Gasteiger partial charge in [0.1, 0.15) is 39.8 Å². The molecule has 1 aliphatic rings. The van der Waals surface area contributed by atoms with E-state index >= 15 is 0 Å². The molecule has 0 N–H and O–H groups in total. The Morgan fingerprint density at radius 1 is 1.27 bits per heavy atom. The van der Waals surface area contributed by atoms with Crippen LogP contribution in [0.15, 0.2) is 29.2 Å². The van der Waals surface area contributed by atoms with Gasteiger partial charge in [-0.2, -0.15) is 0 Å². The molecule has 0 aromatic heterocycles. The number of rotatable bonds is 6. The molecule has 2 atom stereocenters. The summed E-state index contributed by atoms with van der Waals surface area (Å²) in [7, 11) is 0. The second kappa shape index (κ2) is 11.3. The van der Waals surface area contributed by atoms with Gasteiger partial charge >= 0.3 is 6.09 Å². The number of hydrogen-bond acceptors (Lipinski definition) is 5. The van der Waals surface area contributed by atoms with Crippen molar-refractivity contribution < 1.29 is 18.8 Å². The zero-order valence-corrected chi connectivity index (χ0v) is 22.6. The molecular formula is C24H34Cl2N2O4S. The van der Waals surface area contributed by atoms with E-state index in [4.69, 9.17) is 32.7 Å². The third kappa shape index (κ3) is 8.09. The van der Waals surface area contributed by atoms with Crippen molar-refractivity contribution in [1.29, 1.82) is 0 Å². The average molecular weight is 518 g/mol. The summed E-state index contributed by atoms with van der Waals surface area (Å²) in [5.74, 6) is 0.296. The molecule has 184 valence electrons. The van der Waals surface area contributed by atoms with Crippen LogP contribution in [0, 0.1) is 5.92 Å². The molecule has 0 radical (unpaired) electrons. The number of ether oxygens (including phenoxy) is 2. The van der Waals surface area contributed by atoms with E-state index in [1.54, 1.807) is 23.1 Å². The Kier molecular flexibility index (Phi) is 9.57. The smallest absolute Gasteiger partial charge is 0.410 e. The first-order chi connectivity index (χ1) is 15.2. The van der Waals surface area contributed by atoms with Gasteiger partial charge < -0.3 is 18.9 Å². The summed E-state index contributed by atoms with van der Waals surface area (Å²) < 4.78 is 28.6. The van der Waals surface area contributed by atoms with E-state index in [-0.39, 0.29) is 18.6 Å². The molecule has 1 amide bonds. The number of carbonyl (C=O) groups is 1. The van der Waals surface area contributed by atoms with Crippen molar-refractivity contribution in [1.82, 2.24) is 4.90 Å². The minimum atomic E-state index is -1.53. The number of piperidine rings is 1. The summed E-state index contributed by atoms with van der Waals surface area (Å²) in [5, 5.41) is 0.682. The molecule has 1 aromatic rings. The fraction of sp³-hybridized carbons (Fsp3) is 0.583. The highest BCUT2D eigenvalue weighted by molar-refractivity contribution is 7.91. The molecule has 0 aliphatic carbocycles. The zero-order chi connectivity index (χ0) is 25.0. The molecule has 1 unspecified atom stereocenters. The van der Waals surface area contributed by atoms with Gasteiger partial charge in [0.15, 0.2) is 0 Å². The summed E-state index contributed by atoms with van der Waals surface area (Å²) in [4.78, 5) is 14.4. The van der Waals surface area contributed by atoms with Crippen LogP contribution in [0.4, 0.5) is 4.79 Å². The Morgan fingerprint density at radius 2 is 1.91 bits per heavy atom. The Balaban J connectivity index is 2.52. The third-order valence-electron chi connectivity index (χ3n) is 4.82. The molecule has 1 saturated heterocycles. The van der Waals surface area contributed by atoms with Gasteiger partial charge in [-0.05, 0) is 60.5 Å². The maximum absolute atomic E-state index is 13.1. The highest BCUT2D eigenvalue weighted by atomic mass is 35.5. The molecule has 6 nitrogen and oxygen atoms in total. The van der Waals surface area contributed by atoms with E-state index in [0.717, 1.165) is 12.8 Å². The molecule has 0 bridgehead atoms. The Bertz CT molecular complexity index is 894. The van der Waals surface area contributed by atoms with Gasteiger partial charge in [0.05, 0.1) is 10.0 Å². The van der Waals surface area contributed by atoms with Crippen molar-refractivity contribution in [2.75, 3.05) is 19.7 Å². The quantitative estimate of drug-likeness (QED) is 0.247. The molecule has 1 fully saturated rings. The highest BCUT2D eigenvalue weighted by Gasteiger charge is 2.35. The van der Waals surface area contributed by atoms with Crippen molar-refractivity contribution in [2.45, 2.75) is 64.7 Å². The van der Waals surface area contributed by atoms with Crippen molar-refractivity contribution in [3.05, 3.63) is 40.4 Å². The fourth-order valence-corrected chi connectivity index (χ4v) is 4.28. The lowest BCUT2D eigenvalue weighted by molar-refractivity contribution is 0.0194. The first-order valence-corrected chi connectivity index (χ1v) is 12.8. The van der Waals surface area contributed by atoms with E-state index in [0.29, 0.717) is 40.2 Å². The fourth-order valence-electron chi connectivity index (χ4n) is 3.26. The predicted molar refractivity (Wildman–Crippen MR) is 137 cm³/mol. The molecular weight excluding hydrogens is 483 g/mol. The maximum atomic E-state index is 13.1. The molecule has 33 heavy (non-hydrogen) atoms. The SMILES string of the molecule is C=CCOc1cc(Cl)c(Cl)cc1C(=N[S+]([O-])C(C)(C)C)[C@@H]1CCCN(C(=O)OC(C)(C)C)C1. The molecule has 1 aliphatic heterocycles. The van der Waals surface area contributed by atoms with E-state index in [1.807, 2.05) is 41.5 Å². The lowest BCUT2D eigenvalue weighted by Gasteiger charge is -2.35. The molecule has 2 rings (SSSR count). The summed E-state index contributed by atoms with van der Waals surface area (Å²) in [6.45, 7) is 16.0. The molecule has 0 saturated carbocycles. The van der Waals surface area contributed by atoms with Gasteiger partial charge in [-0.25, -0.2) is 4.79 Å². The number of amides is 1. The van der Waals surface area contributed by atoms with Gasteiger partial charge in [-0.1, -0.05) is 40.3 Å². The van der Waals surface area contributed by atoms with Gasteiger partial charge in [-0.15, -0.1) is 0 Å². The summed E-state index contributed by atoms with van der Waals surface area (Å²) in [5.41, 5.74) is 0.596. The van der Waals surface area contributed by atoms with Crippen LogP contribution in [-0.4, -0.2) is 51.3 Å². The van der Waals surface area contributed by atoms with E-state index in [2.05, 4.69) is 11.0 Å². The first kappa shape index (κ1) is 27.8. The standard InChI is InChI=1S/C24H34Cl2N2O4S/c1-8-12-31-20-14-19(26)18(25)13-17(20)21(27-33(30)24(5,6)7)16-10-9-11-28(15-16)22(29)32-23(2,3)4/h8,13-14,16H,1,9-12,15H2,2-7H3/t16-,33?/m1/s1. The van der Waals surface area contributed by atoms with Crippen molar-refractivity contribution in [3.8, 4) is 5.75 Å². The highest BCUT2D eigenvalue weighted by Crippen LogP contribution is 2.35. The van der Waals surface area contributed by atoms with Crippen molar-refractivity contribution in [3.63, 3.8) is 0 Å². The Labute approximate surface area is 210 Å². The van der Waals surface area contributed by atoms with Crippen LogP contribution in [0.25, 0.3) is 0 Å². The molecule has 1 aromatic carbocycles. The van der Waals surface area contributed by atoms with E-state index in [9.17, 15) is 9.35 Å². The van der Waals surface area contributed by atoms with Crippen LogP contribution in [-0.2, 0) is 16.1 Å². The molecule has 1 heterocycles. The Morgan fingerprint density at radius 3 is 2.48 bits per heavy atom. The Hall–Kier alpha value is -1.41. The summed E-state index contributed by atoms with van der Waals surface area (Å²) >= 11 is 11.1. The molecule has 9 heteroatoms. The second-order valence-electron chi connectivity index (χ2n) is 9.97. The zero-order valence-electron chi connectivity index (χ0n) is 20.2. The van der Waals surface area contributed by atoms with Crippen LogP contribution in [0.3, 0.4) is 0 Å². The third-order valence-corrected chi connectivity index (χ3v) is 6.95. The van der Waals surface area contributed by atoms with Gasteiger partial charge in [0, 0.05) is 30.6 Å². The number of likely N-dealkylation sites (tertiary alicyclic amines) is 1. The van der Waals surface area contributed by atoms with Crippen molar-refractivity contribution in [2.24, 2.45) is 10.3 Å². The van der Waals surface area contributed by atoms with Gasteiger partial charge in [0.2, 0.25) is 0 Å². The monoisotopic (exact) mass is 516 g/mol. The second-order valence-corrected chi connectivity index (χ2v) is 12.7. The number of halogens is 2. The normalized spacial score (nSPS) is 18.6. The van der Waals surface area contributed by atoms with Crippen LogP contribution in [0.5, 0.6) is 5.75 Å². The van der Waals surface area contributed by atoms with Gasteiger partial charge in [-0.3, -0.25) is 0 Å². The maximum Gasteiger partial charge on any atom is 0.410 e. The van der Waals surface area contributed by atoms with Gasteiger partial charge in [0.25, 0.3) is 0 Å². The topological polar surface area (TPSA) is 74.2 Å². The first-order valence-electron chi connectivity index (χ1n) is 10.9. The summed E-state index contributed by atoms with van der Waals surface area (Å²) in [6.07, 6.45) is 2.78. The largest absolute Gasteiger partial charge is 0.591 e. The predicted octanol–water partition coefficient (Wildman–Crippen LogP) is 6.46. The number of benzene rings is 1. The van der Waals surface area contributed by atoms with E-state index < -0.39 is 21.7 Å². The number of carbonyl (C=O) groups excluding carboxylic acids is 1. The van der Waals surface area contributed by atoms with E-state index in [1.165, 1.54) is 0 Å².